The Labute approximate surface area is 102 Å². The molecule has 4 heteroatoms. The van der Waals surface area contributed by atoms with Gasteiger partial charge in [0, 0.05) is 24.9 Å². The molecule has 1 aliphatic heterocycles. The van der Waals surface area contributed by atoms with Gasteiger partial charge < -0.3 is 20.5 Å². The van der Waals surface area contributed by atoms with Crippen molar-refractivity contribution in [2.75, 3.05) is 30.3 Å². The summed E-state index contributed by atoms with van der Waals surface area (Å²) in [5.74, 6) is 0.833. The van der Waals surface area contributed by atoms with Gasteiger partial charge in [0.1, 0.15) is 11.4 Å². The summed E-state index contributed by atoms with van der Waals surface area (Å²) in [5.41, 5.74) is 7.33. The number of ether oxygens (including phenoxy) is 1. The molecule has 2 rings (SSSR count). The molecule has 0 radical (unpaired) electrons. The van der Waals surface area contributed by atoms with Crippen molar-refractivity contribution in [3.63, 3.8) is 0 Å². The maximum atomic E-state index is 8.94. The molecule has 3 N–H and O–H groups in total. The highest BCUT2D eigenvalue weighted by Gasteiger charge is 2.31. The SMILES string of the molecule is CC1(C)CN(CCCO)c2ccc(N)cc2O1. The number of benzene rings is 1. The highest BCUT2D eigenvalue weighted by atomic mass is 16.5. The van der Waals surface area contributed by atoms with Crippen molar-refractivity contribution >= 4 is 11.4 Å². The van der Waals surface area contributed by atoms with Crippen molar-refractivity contribution in [3.05, 3.63) is 18.2 Å². The van der Waals surface area contributed by atoms with Crippen LogP contribution in [0.2, 0.25) is 0 Å². The van der Waals surface area contributed by atoms with Crippen LogP contribution in [0.15, 0.2) is 18.2 Å². The minimum atomic E-state index is -0.226. The first-order chi connectivity index (χ1) is 8.02. The second-order valence-corrected chi connectivity index (χ2v) is 5.09. The molecule has 0 atom stereocenters. The topological polar surface area (TPSA) is 58.7 Å². The van der Waals surface area contributed by atoms with Gasteiger partial charge in [-0.3, -0.25) is 0 Å². The first-order valence-corrected chi connectivity index (χ1v) is 5.96. The predicted octanol–water partition coefficient (Wildman–Crippen LogP) is 1.63. The number of nitrogens with two attached hydrogens (primary N) is 1. The van der Waals surface area contributed by atoms with Crippen LogP contribution in [-0.4, -0.2) is 30.4 Å². The highest BCUT2D eigenvalue weighted by molar-refractivity contribution is 5.65. The molecule has 94 valence electrons. The average molecular weight is 236 g/mol. The molecular formula is C13H20N2O2. The number of hydrogen-bond donors (Lipinski definition) is 2. The van der Waals surface area contributed by atoms with Crippen LogP contribution >= 0.6 is 0 Å². The van der Waals surface area contributed by atoms with Gasteiger partial charge in [-0.1, -0.05) is 0 Å². The second-order valence-electron chi connectivity index (χ2n) is 5.09. The molecule has 4 nitrogen and oxygen atoms in total. The Morgan fingerprint density at radius 1 is 1.47 bits per heavy atom. The van der Waals surface area contributed by atoms with Crippen LogP contribution in [0, 0.1) is 0 Å². The van der Waals surface area contributed by atoms with Gasteiger partial charge in [0.05, 0.1) is 12.2 Å². The van der Waals surface area contributed by atoms with Gasteiger partial charge in [0.25, 0.3) is 0 Å². The van der Waals surface area contributed by atoms with E-state index >= 15 is 0 Å². The van der Waals surface area contributed by atoms with E-state index in [0.717, 1.165) is 30.9 Å². The molecule has 0 saturated carbocycles. The van der Waals surface area contributed by atoms with Crippen molar-refractivity contribution in [3.8, 4) is 5.75 Å². The van der Waals surface area contributed by atoms with E-state index in [1.54, 1.807) is 0 Å². The summed E-state index contributed by atoms with van der Waals surface area (Å²) in [6.45, 7) is 5.99. The number of aliphatic hydroxyl groups is 1. The fraction of sp³-hybridized carbons (Fsp3) is 0.538. The monoisotopic (exact) mass is 236 g/mol. The van der Waals surface area contributed by atoms with Crippen LogP contribution in [0.4, 0.5) is 11.4 Å². The number of nitrogens with zero attached hydrogens (tertiary/aromatic N) is 1. The van der Waals surface area contributed by atoms with Crippen LogP contribution in [0.5, 0.6) is 5.75 Å². The van der Waals surface area contributed by atoms with E-state index < -0.39 is 0 Å². The molecule has 1 aliphatic rings. The predicted molar refractivity (Wildman–Crippen MR) is 69.5 cm³/mol. The molecular weight excluding hydrogens is 216 g/mol. The average Bonchev–Trinajstić information content (AvgIpc) is 2.23. The van der Waals surface area contributed by atoms with Gasteiger partial charge in [0.15, 0.2) is 0 Å². The largest absolute Gasteiger partial charge is 0.484 e. The number of anilines is 2. The first-order valence-electron chi connectivity index (χ1n) is 5.96. The fourth-order valence-electron chi connectivity index (χ4n) is 2.21. The Morgan fingerprint density at radius 2 is 2.24 bits per heavy atom. The van der Waals surface area contributed by atoms with Crippen LogP contribution in [-0.2, 0) is 0 Å². The number of hydrogen-bond acceptors (Lipinski definition) is 4. The number of fused-ring (bicyclic) bond motifs is 1. The van der Waals surface area contributed by atoms with E-state index in [4.69, 9.17) is 15.6 Å². The zero-order chi connectivity index (χ0) is 12.5. The van der Waals surface area contributed by atoms with Gasteiger partial charge in [-0.05, 0) is 32.4 Å². The lowest BCUT2D eigenvalue weighted by Gasteiger charge is -2.41. The molecule has 1 aromatic carbocycles. The van der Waals surface area contributed by atoms with Gasteiger partial charge in [-0.2, -0.15) is 0 Å². The Bertz CT molecular complexity index is 404. The molecule has 0 spiro atoms. The van der Waals surface area contributed by atoms with Crippen molar-refractivity contribution in [1.29, 1.82) is 0 Å². The maximum absolute atomic E-state index is 8.94. The zero-order valence-corrected chi connectivity index (χ0v) is 10.4. The third-order valence-corrected chi connectivity index (χ3v) is 2.87. The van der Waals surface area contributed by atoms with Crippen molar-refractivity contribution in [2.45, 2.75) is 25.9 Å². The van der Waals surface area contributed by atoms with Crippen LogP contribution < -0.4 is 15.4 Å². The first kappa shape index (κ1) is 12.0. The second kappa shape index (κ2) is 4.45. The highest BCUT2D eigenvalue weighted by Crippen LogP contribution is 2.38. The lowest BCUT2D eigenvalue weighted by atomic mass is 10.0. The smallest absolute Gasteiger partial charge is 0.145 e. The minimum Gasteiger partial charge on any atom is -0.484 e. The summed E-state index contributed by atoms with van der Waals surface area (Å²) >= 11 is 0. The summed E-state index contributed by atoms with van der Waals surface area (Å²) in [5, 5.41) is 8.94. The van der Waals surface area contributed by atoms with Crippen molar-refractivity contribution in [2.24, 2.45) is 0 Å². The Balaban J connectivity index is 2.30. The van der Waals surface area contributed by atoms with Crippen molar-refractivity contribution in [1.82, 2.24) is 0 Å². The molecule has 0 aromatic heterocycles. The van der Waals surface area contributed by atoms with Gasteiger partial charge in [-0.25, -0.2) is 0 Å². The van der Waals surface area contributed by atoms with Crippen molar-refractivity contribution < 1.29 is 9.84 Å². The molecule has 0 fully saturated rings. The molecule has 0 unspecified atom stereocenters. The molecule has 1 heterocycles. The molecule has 17 heavy (non-hydrogen) atoms. The Hall–Kier alpha value is -1.42. The molecule has 0 bridgehead atoms. The summed E-state index contributed by atoms with van der Waals surface area (Å²) in [6, 6.07) is 5.73. The van der Waals surface area contributed by atoms with Crippen LogP contribution in [0.25, 0.3) is 0 Å². The summed E-state index contributed by atoms with van der Waals surface area (Å²) < 4.78 is 5.93. The minimum absolute atomic E-state index is 0.210. The number of rotatable bonds is 3. The number of aliphatic hydroxyl groups excluding tert-OH is 1. The molecule has 0 amide bonds. The summed E-state index contributed by atoms with van der Waals surface area (Å²) in [7, 11) is 0. The lowest BCUT2D eigenvalue weighted by molar-refractivity contribution is 0.104. The van der Waals surface area contributed by atoms with Crippen LogP contribution in [0.3, 0.4) is 0 Å². The molecule has 0 saturated heterocycles. The zero-order valence-electron chi connectivity index (χ0n) is 10.4. The Kier molecular flexibility index (Phi) is 3.15. The van der Waals surface area contributed by atoms with Gasteiger partial charge in [0.2, 0.25) is 0 Å². The standard InChI is InChI=1S/C13H20N2O2/c1-13(2)9-15(6-3-7-16)11-5-4-10(14)8-12(11)17-13/h4-5,8,16H,3,6-7,9,14H2,1-2H3. The van der Waals surface area contributed by atoms with Gasteiger partial charge in [-0.15, -0.1) is 0 Å². The quantitative estimate of drug-likeness (QED) is 0.783. The van der Waals surface area contributed by atoms with E-state index in [0.29, 0.717) is 5.69 Å². The third-order valence-electron chi connectivity index (χ3n) is 2.87. The summed E-state index contributed by atoms with van der Waals surface area (Å²) in [6.07, 6.45) is 0.764. The normalized spacial score (nSPS) is 17.5. The van der Waals surface area contributed by atoms with E-state index in [-0.39, 0.29) is 12.2 Å². The van der Waals surface area contributed by atoms with E-state index in [1.807, 2.05) is 18.2 Å². The molecule has 1 aromatic rings. The van der Waals surface area contributed by atoms with E-state index in [9.17, 15) is 0 Å². The van der Waals surface area contributed by atoms with E-state index in [1.165, 1.54) is 0 Å². The van der Waals surface area contributed by atoms with Gasteiger partial charge >= 0.3 is 0 Å². The third kappa shape index (κ3) is 2.64. The Morgan fingerprint density at radius 3 is 2.94 bits per heavy atom. The maximum Gasteiger partial charge on any atom is 0.145 e. The lowest BCUT2D eigenvalue weighted by Crippen LogP contribution is -2.47. The van der Waals surface area contributed by atoms with Crippen LogP contribution in [0.1, 0.15) is 20.3 Å². The fourth-order valence-corrected chi connectivity index (χ4v) is 2.21. The number of nitrogen functional groups attached to an aromatic ring is 1. The van der Waals surface area contributed by atoms with E-state index in [2.05, 4.69) is 18.7 Å². The summed E-state index contributed by atoms with van der Waals surface area (Å²) in [4.78, 5) is 2.24. The molecule has 0 aliphatic carbocycles.